The Morgan fingerprint density at radius 1 is 1.30 bits per heavy atom. The van der Waals surface area contributed by atoms with Gasteiger partial charge in [-0.15, -0.1) is 0 Å². The summed E-state index contributed by atoms with van der Waals surface area (Å²) in [5.41, 5.74) is 4.76. The van der Waals surface area contributed by atoms with Crippen molar-refractivity contribution < 1.29 is 13.2 Å². The first-order valence-corrected chi connectivity index (χ1v) is 6.67. The molecule has 0 spiro atoms. The Labute approximate surface area is 117 Å². The third-order valence-electron chi connectivity index (χ3n) is 3.08. The van der Waals surface area contributed by atoms with E-state index in [1.54, 1.807) is 0 Å². The first-order valence-electron chi connectivity index (χ1n) is 6.67. The van der Waals surface area contributed by atoms with Crippen molar-refractivity contribution in [3.63, 3.8) is 0 Å². The van der Waals surface area contributed by atoms with E-state index in [0.717, 1.165) is 38.3 Å². The molecule has 0 unspecified atom stereocenters. The van der Waals surface area contributed by atoms with Crippen LogP contribution in [0.15, 0.2) is 12.3 Å². The van der Waals surface area contributed by atoms with E-state index in [-0.39, 0.29) is 5.69 Å². The van der Waals surface area contributed by atoms with Crippen molar-refractivity contribution in [1.29, 1.82) is 0 Å². The van der Waals surface area contributed by atoms with E-state index in [0.29, 0.717) is 12.4 Å². The van der Waals surface area contributed by atoms with E-state index in [1.165, 1.54) is 0 Å². The van der Waals surface area contributed by atoms with Crippen LogP contribution in [0.1, 0.15) is 25.8 Å². The number of nitrogens with zero attached hydrogens (tertiary/aromatic N) is 2. The molecule has 0 atom stereocenters. The molecule has 7 heteroatoms. The smallest absolute Gasteiger partial charge is 0.396 e. The van der Waals surface area contributed by atoms with Gasteiger partial charge in [0.25, 0.3) is 0 Å². The lowest BCUT2D eigenvalue weighted by Gasteiger charge is -2.18. The SMILES string of the molecule is CCN(CC)CCCNc1ncc(C(F)(F)F)cc1N. The molecule has 0 saturated heterocycles. The third-order valence-corrected chi connectivity index (χ3v) is 3.08. The fourth-order valence-corrected chi connectivity index (χ4v) is 1.83. The van der Waals surface area contributed by atoms with Gasteiger partial charge in [0.1, 0.15) is 5.82 Å². The van der Waals surface area contributed by atoms with Gasteiger partial charge in [-0.1, -0.05) is 13.8 Å². The number of alkyl halides is 3. The zero-order valence-electron chi connectivity index (χ0n) is 11.8. The average Bonchev–Trinajstić information content (AvgIpc) is 2.39. The highest BCUT2D eigenvalue weighted by Crippen LogP contribution is 2.31. The van der Waals surface area contributed by atoms with Crippen LogP contribution in [0.4, 0.5) is 24.7 Å². The van der Waals surface area contributed by atoms with E-state index >= 15 is 0 Å². The molecule has 0 saturated carbocycles. The van der Waals surface area contributed by atoms with Gasteiger partial charge in [0.15, 0.2) is 0 Å². The number of nitrogen functional groups attached to an aromatic ring is 1. The Balaban J connectivity index is 2.49. The Kier molecular flexibility index (Phi) is 6.06. The van der Waals surface area contributed by atoms with Crippen molar-refractivity contribution in [3.8, 4) is 0 Å². The lowest BCUT2D eigenvalue weighted by atomic mass is 10.2. The second-order valence-electron chi connectivity index (χ2n) is 4.47. The van der Waals surface area contributed by atoms with Crippen LogP contribution in [0.25, 0.3) is 0 Å². The molecule has 0 radical (unpaired) electrons. The molecule has 0 bridgehead atoms. The largest absolute Gasteiger partial charge is 0.417 e. The Morgan fingerprint density at radius 2 is 1.95 bits per heavy atom. The highest BCUT2D eigenvalue weighted by molar-refractivity contribution is 5.61. The van der Waals surface area contributed by atoms with Gasteiger partial charge in [-0.25, -0.2) is 4.98 Å². The van der Waals surface area contributed by atoms with E-state index in [4.69, 9.17) is 5.73 Å². The molecule has 3 N–H and O–H groups in total. The standard InChI is InChI=1S/C13H21F3N4/c1-3-20(4-2)7-5-6-18-12-11(17)8-10(9-19-12)13(14,15)16/h8-9H,3-7,17H2,1-2H3,(H,18,19). The van der Waals surface area contributed by atoms with Crippen molar-refractivity contribution in [3.05, 3.63) is 17.8 Å². The van der Waals surface area contributed by atoms with Gasteiger partial charge < -0.3 is 16.0 Å². The summed E-state index contributed by atoms with van der Waals surface area (Å²) in [5, 5.41) is 2.97. The zero-order valence-corrected chi connectivity index (χ0v) is 11.8. The Bertz CT molecular complexity index is 417. The molecule has 0 aliphatic rings. The molecule has 20 heavy (non-hydrogen) atoms. The first-order chi connectivity index (χ1) is 9.38. The fourth-order valence-electron chi connectivity index (χ4n) is 1.83. The number of anilines is 2. The maximum absolute atomic E-state index is 12.5. The Hall–Kier alpha value is -1.50. The molecule has 1 rings (SSSR count). The van der Waals surface area contributed by atoms with Gasteiger partial charge in [-0.05, 0) is 32.1 Å². The summed E-state index contributed by atoms with van der Waals surface area (Å²) in [5.74, 6) is 0.303. The molecule has 0 aromatic carbocycles. The van der Waals surface area contributed by atoms with Crippen LogP contribution in [0.3, 0.4) is 0 Å². The maximum atomic E-state index is 12.5. The van der Waals surface area contributed by atoms with Crippen molar-refractivity contribution in [2.45, 2.75) is 26.4 Å². The topological polar surface area (TPSA) is 54.2 Å². The summed E-state index contributed by atoms with van der Waals surface area (Å²) >= 11 is 0. The molecular weight excluding hydrogens is 269 g/mol. The van der Waals surface area contributed by atoms with Crippen LogP contribution in [0, 0.1) is 0 Å². The summed E-state index contributed by atoms with van der Waals surface area (Å²) < 4.78 is 37.4. The van der Waals surface area contributed by atoms with Gasteiger partial charge in [-0.2, -0.15) is 13.2 Å². The molecule has 0 fully saturated rings. The number of pyridine rings is 1. The van der Waals surface area contributed by atoms with Crippen LogP contribution >= 0.6 is 0 Å². The first kappa shape index (κ1) is 16.6. The predicted molar refractivity (Wildman–Crippen MR) is 74.5 cm³/mol. The van der Waals surface area contributed by atoms with Crippen molar-refractivity contribution in [1.82, 2.24) is 9.88 Å². The number of aromatic nitrogens is 1. The Morgan fingerprint density at radius 3 is 2.45 bits per heavy atom. The number of nitrogens with one attached hydrogen (secondary N) is 1. The number of nitrogens with two attached hydrogens (primary N) is 1. The van der Waals surface area contributed by atoms with Crippen LogP contribution in [0.5, 0.6) is 0 Å². The number of hydrogen-bond donors (Lipinski definition) is 2. The van der Waals surface area contributed by atoms with E-state index in [9.17, 15) is 13.2 Å². The van der Waals surface area contributed by atoms with Gasteiger partial charge in [-0.3, -0.25) is 0 Å². The summed E-state index contributed by atoms with van der Waals surface area (Å²) in [6, 6.07) is 0.903. The van der Waals surface area contributed by atoms with Gasteiger partial charge in [0, 0.05) is 12.7 Å². The van der Waals surface area contributed by atoms with E-state index in [2.05, 4.69) is 29.0 Å². The van der Waals surface area contributed by atoms with Gasteiger partial charge >= 0.3 is 6.18 Å². The molecule has 1 aromatic heterocycles. The molecule has 0 aliphatic carbocycles. The van der Waals surface area contributed by atoms with E-state index in [1.807, 2.05) is 0 Å². The molecular formula is C13H21F3N4. The van der Waals surface area contributed by atoms with Crippen LogP contribution in [-0.2, 0) is 6.18 Å². The van der Waals surface area contributed by atoms with Crippen molar-refractivity contribution in [2.24, 2.45) is 0 Å². The quantitative estimate of drug-likeness (QED) is 0.758. The minimum absolute atomic E-state index is 0.0164. The minimum Gasteiger partial charge on any atom is -0.396 e. The summed E-state index contributed by atoms with van der Waals surface area (Å²) in [6.45, 7) is 7.70. The summed E-state index contributed by atoms with van der Waals surface area (Å²) in [6.07, 6.45) is -2.74. The molecule has 0 amide bonds. The molecule has 1 aromatic rings. The highest BCUT2D eigenvalue weighted by atomic mass is 19.4. The number of halogens is 3. The summed E-state index contributed by atoms with van der Waals surface area (Å²) in [7, 11) is 0. The zero-order chi connectivity index (χ0) is 15.2. The minimum atomic E-state index is -4.41. The predicted octanol–water partition coefficient (Wildman–Crippen LogP) is 2.83. The van der Waals surface area contributed by atoms with Crippen LogP contribution < -0.4 is 11.1 Å². The second kappa shape index (κ2) is 7.33. The van der Waals surface area contributed by atoms with Crippen LogP contribution in [0.2, 0.25) is 0 Å². The lowest BCUT2D eigenvalue weighted by Crippen LogP contribution is -2.25. The monoisotopic (exact) mass is 290 g/mol. The number of hydrogen-bond acceptors (Lipinski definition) is 4. The van der Waals surface area contributed by atoms with E-state index < -0.39 is 11.7 Å². The highest BCUT2D eigenvalue weighted by Gasteiger charge is 2.31. The maximum Gasteiger partial charge on any atom is 0.417 e. The lowest BCUT2D eigenvalue weighted by molar-refractivity contribution is -0.137. The third kappa shape index (κ3) is 4.88. The van der Waals surface area contributed by atoms with Gasteiger partial charge in [0.2, 0.25) is 0 Å². The second-order valence-corrected chi connectivity index (χ2v) is 4.47. The molecule has 114 valence electrons. The average molecular weight is 290 g/mol. The number of rotatable bonds is 7. The van der Waals surface area contributed by atoms with Crippen molar-refractivity contribution in [2.75, 3.05) is 37.2 Å². The molecule has 4 nitrogen and oxygen atoms in total. The van der Waals surface area contributed by atoms with Crippen molar-refractivity contribution >= 4 is 11.5 Å². The van der Waals surface area contributed by atoms with Crippen LogP contribution in [-0.4, -0.2) is 36.1 Å². The fraction of sp³-hybridized carbons (Fsp3) is 0.615. The molecule has 0 aliphatic heterocycles. The van der Waals surface area contributed by atoms with Gasteiger partial charge in [0.05, 0.1) is 11.3 Å². The summed E-state index contributed by atoms with van der Waals surface area (Å²) in [4.78, 5) is 6.00. The molecule has 1 heterocycles. The normalized spacial score (nSPS) is 11.9.